The molecule has 1 heterocycles. The van der Waals surface area contributed by atoms with Crippen molar-refractivity contribution in [2.75, 3.05) is 7.11 Å². The minimum Gasteiger partial charge on any atom is -0.468 e. The molecular formula is C31H50O7Si. The second kappa shape index (κ2) is 9.17. The Morgan fingerprint density at radius 1 is 1.15 bits per heavy atom. The van der Waals surface area contributed by atoms with Gasteiger partial charge in [0.1, 0.15) is 11.4 Å². The maximum Gasteiger partial charge on any atom is 0.324 e. The van der Waals surface area contributed by atoms with E-state index in [0.717, 1.165) is 32.1 Å². The van der Waals surface area contributed by atoms with Gasteiger partial charge in [-0.3, -0.25) is 14.4 Å². The Kier molecular flexibility index (Phi) is 7.12. The lowest BCUT2D eigenvalue weighted by molar-refractivity contribution is -0.244. The summed E-state index contributed by atoms with van der Waals surface area (Å²) >= 11 is 0. The predicted molar refractivity (Wildman–Crippen MR) is 151 cm³/mol. The summed E-state index contributed by atoms with van der Waals surface area (Å²) in [5.74, 6) is -0.209. The Morgan fingerprint density at radius 3 is 2.33 bits per heavy atom. The normalized spacial score (nSPS) is 37.9. The van der Waals surface area contributed by atoms with Crippen molar-refractivity contribution >= 4 is 26.2 Å². The number of ether oxygens (including phenoxy) is 3. The van der Waals surface area contributed by atoms with Crippen LogP contribution in [0.3, 0.4) is 0 Å². The summed E-state index contributed by atoms with van der Waals surface area (Å²) in [6, 6.07) is 0. The molecule has 0 radical (unpaired) electrons. The number of allylic oxidation sites excluding steroid dienone is 2. The van der Waals surface area contributed by atoms with E-state index in [2.05, 4.69) is 40.8 Å². The third-order valence-electron chi connectivity index (χ3n) is 11.2. The van der Waals surface area contributed by atoms with Crippen LogP contribution in [0.5, 0.6) is 0 Å². The summed E-state index contributed by atoms with van der Waals surface area (Å²) in [4.78, 5) is 39.1. The summed E-state index contributed by atoms with van der Waals surface area (Å²) in [5.41, 5.74) is -3.67. The fourth-order valence-electron chi connectivity index (χ4n) is 7.68. The molecule has 2 bridgehead atoms. The molecule has 1 aliphatic heterocycles. The van der Waals surface area contributed by atoms with Crippen molar-refractivity contribution in [3.05, 3.63) is 11.8 Å². The van der Waals surface area contributed by atoms with Crippen molar-refractivity contribution < 1.29 is 33.0 Å². The minimum atomic E-state index is -2.16. The zero-order valence-corrected chi connectivity index (χ0v) is 27.0. The van der Waals surface area contributed by atoms with E-state index in [-0.39, 0.29) is 17.1 Å². The molecule has 0 aromatic rings. The molecule has 8 heteroatoms. The van der Waals surface area contributed by atoms with E-state index in [1.54, 1.807) is 0 Å². The lowest BCUT2D eigenvalue weighted by atomic mass is 9.46. The first kappa shape index (κ1) is 30.3. The molecule has 0 N–H and O–H groups in total. The molecule has 5 aliphatic rings. The van der Waals surface area contributed by atoms with Crippen molar-refractivity contribution in [1.29, 1.82) is 0 Å². The van der Waals surface area contributed by atoms with Crippen molar-refractivity contribution in [2.45, 2.75) is 130 Å². The largest absolute Gasteiger partial charge is 0.468 e. The molecule has 0 aromatic carbocycles. The molecule has 1 spiro atoms. The number of rotatable bonds is 7. The second-order valence-electron chi connectivity index (χ2n) is 15.5. The third kappa shape index (κ3) is 4.25. The number of carbonyl (C=O) groups is 3. The van der Waals surface area contributed by atoms with Crippen LogP contribution >= 0.6 is 0 Å². The van der Waals surface area contributed by atoms with Gasteiger partial charge in [0.05, 0.1) is 18.6 Å². The molecule has 5 rings (SSSR count). The zero-order valence-electron chi connectivity index (χ0n) is 26.0. The Bertz CT molecular complexity index is 1080. The lowest BCUT2D eigenvalue weighted by Crippen LogP contribution is -2.68. The fraction of sp³-hybridized carbons (Fsp3) is 0.839. The highest BCUT2D eigenvalue weighted by Gasteiger charge is 2.92. The van der Waals surface area contributed by atoms with E-state index in [4.69, 9.17) is 18.6 Å². The summed E-state index contributed by atoms with van der Waals surface area (Å²) in [7, 11) is -0.808. The molecule has 4 saturated carbocycles. The van der Waals surface area contributed by atoms with E-state index in [9.17, 15) is 14.4 Å². The van der Waals surface area contributed by atoms with Crippen LogP contribution in [-0.2, 0) is 33.0 Å². The topological polar surface area (TPSA) is 88.1 Å². The first-order chi connectivity index (χ1) is 17.7. The number of hydrogen-bond donors (Lipinski definition) is 0. The zero-order chi connectivity index (χ0) is 29.4. The molecule has 39 heavy (non-hydrogen) atoms. The Hall–Kier alpha value is -1.67. The van der Waals surface area contributed by atoms with Crippen LogP contribution in [0.4, 0.5) is 0 Å². The molecule has 0 aromatic heterocycles. The first-order valence-corrected chi connectivity index (χ1v) is 17.5. The van der Waals surface area contributed by atoms with E-state index >= 15 is 0 Å². The van der Waals surface area contributed by atoms with Gasteiger partial charge in [-0.25, -0.2) is 0 Å². The maximum absolute atomic E-state index is 13.6. The van der Waals surface area contributed by atoms with Crippen molar-refractivity contribution in [3.8, 4) is 0 Å². The number of methoxy groups -OCH3 is 1. The lowest BCUT2D eigenvalue weighted by Gasteiger charge is -2.64. The monoisotopic (exact) mass is 562 g/mol. The first-order valence-electron chi connectivity index (χ1n) is 14.6. The van der Waals surface area contributed by atoms with Crippen molar-refractivity contribution in [3.63, 3.8) is 0 Å². The number of fused-ring (bicyclic) bond motifs is 3. The number of esters is 3. The van der Waals surface area contributed by atoms with Crippen LogP contribution in [0.1, 0.15) is 100 Å². The predicted octanol–water partition coefficient (Wildman–Crippen LogP) is 6.71. The van der Waals surface area contributed by atoms with Crippen molar-refractivity contribution in [2.24, 2.45) is 27.6 Å². The van der Waals surface area contributed by atoms with Gasteiger partial charge in [-0.05, 0) is 103 Å². The molecule has 7 nitrogen and oxygen atoms in total. The SMILES string of the molecule is COC(=O)[C@]12C[C@@]1(C)C1(CC3CCC1(CC/C=C(\C)OC(=O)C(C)(C)C)C(O[Si](C)(C)C(C)(C)C)C3)OC2=O. The summed E-state index contributed by atoms with van der Waals surface area (Å²) in [6.45, 7) is 20.7. The number of carbonyl (C=O) groups excluding carboxylic acids is 3. The Morgan fingerprint density at radius 2 is 1.79 bits per heavy atom. The highest BCUT2D eigenvalue weighted by Crippen LogP contribution is 2.83. The summed E-state index contributed by atoms with van der Waals surface area (Å²) in [5, 5.41) is 0.0291. The van der Waals surface area contributed by atoms with E-state index in [0.29, 0.717) is 24.5 Å². The van der Waals surface area contributed by atoms with Gasteiger partial charge >= 0.3 is 17.9 Å². The highest BCUT2D eigenvalue weighted by atomic mass is 28.4. The third-order valence-corrected chi connectivity index (χ3v) is 15.6. The molecule has 220 valence electrons. The average Bonchev–Trinajstić information content (AvgIpc) is 3.41. The Labute approximate surface area is 235 Å². The maximum atomic E-state index is 13.6. The standard InChI is InChI=1S/C31H50O7Si/c1-20(36-23(32)26(2,3)4)13-12-15-29-16-14-21(17-22(29)38-39(10,11)27(5,6)7)18-31(29)28(8)19-30(28,24(33)35-9)25(34)37-31/h13,21-22H,12,14-19H2,1-11H3/b20-13+/t21?,22?,28-,29?,30+,31?/m1/s1. The van der Waals surface area contributed by atoms with Gasteiger partial charge in [-0.15, -0.1) is 0 Å². The second-order valence-corrected chi connectivity index (χ2v) is 20.2. The van der Waals surface area contributed by atoms with E-state index in [1.165, 1.54) is 7.11 Å². The van der Waals surface area contributed by atoms with Crippen LogP contribution in [0, 0.1) is 27.6 Å². The average molecular weight is 563 g/mol. The van der Waals surface area contributed by atoms with Gasteiger partial charge in [-0.1, -0.05) is 27.7 Å². The van der Waals surface area contributed by atoms with Crippen molar-refractivity contribution in [1.82, 2.24) is 0 Å². The van der Waals surface area contributed by atoms with Crippen LogP contribution in [0.2, 0.25) is 18.1 Å². The molecule has 0 amide bonds. The molecule has 5 fully saturated rings. The van der Waals surface area contributed by atoms with Gasteiger partial charge in [-0.2, -0.15) is 0 Å². The van der Waals surface area contributed by atoms with Gasteiger partial charge in [0, 0.05) is 10.8 Å². The minimum absolute atomic E-state index is 0.0291. The molecule has 6 atom stereocenters. The van der Waals surface area contributed by atoms with Crippen LogP contribution in [0.25, 0.3) is 0 Å². The van der Waals surface area contributed by atoms with Crippen LogP contribution < -0.4 is 0 Å². The molecule has 4 aliphatic carbocycles. The number of hydrogen-bond acceptors (Lipinski definition) is 7. The van der Waals surface area contributed by atoms with Gasteiger partial charge in [0.15, 0.2) is 13.7 Å². The molecular weight excluding hydrogens is 512 g/mol. The van der Waals surface area contributed by atoms with E-state index in [1.807, 2.05) is 33.8 Å². The van der Waals surface area contributed by atoms with Gasteiger partial charge < -0.3 is 18.6 Å². The quantitative estimate of drug-likeness (QED) is 0.112. The fourth-order valence-corrected chi connectivity index (χ4v) is 9.07. The Balaban J connectivity index is 1.74. The summed E-state index contributed by atoms with van der Waals surface area (Å²) < 4.78 is 24.5. The van der Waals surface area contributed by atoms with Gasteiger partial charge in [0.25, 0.3) is 0 Å². The van der Waals surface area contributed by atoms with Crippen LogP contribution in [0.15, 0.2) is 11.8 Å². The molecule has 4 unspecified atom stereocenters. The van der Waals surface area contributed by atoms with Gasteiger partial charge in [0.2, 0.25) is 0 Å². The van der Waals surface area contributed by atoms with Crippen LogP contribution in [-0.4, -0.2) is 45.0 Å². The molecule has 1 saturated heterocycles. The highest BCUT2D eigenvalue weighted by molar-refractivity contribution is 6.74. The smallest absolute Gasteiger partial charge is 0.324 e. The summed E-state index contributed by atoms with van der Waals surface area (Å²) in [6.07, 6.45) is 7.39. The van der Waals surface area contributed by atoms with E-state index < -0.39 is 47.5 Å².